The van der Waals surface area contributed by atoms with Crippen molar-refractivity contribution in [1.82, 2.24) is 4.57 Å². The molecular formula is C26H34N2O3. The molecule has 1 amide bonds. The van der Waals surface area contributed by atoms with Gasteiger partial charge in [-0.3, -0.25) is 4.79 Å². The van der Waals surface area contributed by atoms with Crippen molar-refractivity contribution in [2.45, 2.75) is 90.8 Å². The van der Waals surface area contributed by atoms with E-state index in [-0.39, 0.29) is 17.1 Å². The lowest BCUT2D eigenvalue weighted by molar-refractivity contribution is -0.0900. The predicted molar refractivity (Wildman–Crippen MR) is 122 cm³/mol. The first-order valence-corrected chi connectivity index (χ1v) is 11.7. The first-order valence-electron chi connectivity index (χ1n) is 11.7. The third-order valence-corrected chi connectivity index (χ3v) is 7.75. The summed E-state index contributed by atoms with van der Waals surface area (Å²) in [7, 11) is 0. The quantitative estimate of drug-likeness (QED) is 0.683. The summed E-state index contributed by atoms with van der Waals surface area (Å²) in [6.45, 7) is 12.2. The van der Waals surface area contributed by atoms with Crippen molar-refractivity contribution in [2.75, 3.05) is 11.4 Å². The van der Waals surface area contributed by atoms with Gasteiger partial charge >= 0.3 is 0 Å². The van der Waals surface area contributed by atoms with E-state index < -0.39 is 6.29 Å². The van der Waals surface area contributed by atoms with Gasteiger partial charge < -0.3 is 18.9 Å². The molecule has 31 heavy (non-hydrogen) atoms. The van der Waals surface area contributed by atoms with Crippen LogP contribution in [0.4, 0.5) is 5.69 Å². The van der Waals surface area contributed by atoms with Gasteiger partial charge in [-0.05, 0) is 71.1 Å². The van der Waals surface area contributed by atoms with Crippen molar-refractivity contribution >= 4 is 11.6 Å². The van der Waals surface area contributed by atoms with E-state index in [2.05, 4.69) is 57.4 Å². The number of aryl methyl sites for hydroxylation is 1. The van der Waals surface area contributed by atoms with Crippen LogP contribution in [-0.2, 0) is 35.3 Å². The molecule has 1 saturated heterocycles. The summed E-state index contributed by atoms with van der Waals surface area (Å²) < 4.78 is 15.1. The first-order chi connectivity index (χ1) is 14.7. The van der Waals surface area contributed by atoms with E-state index in [1.54, 1.807) is 0 Å². The Kier molecular flexibility index (Phi) is 4.83. The zero-order chi connectivity index (χ0) is 22.0. The third-order valence-electron chi connectivity index (χ3n) is 7.75. The first kappa shape index (κ1) is 20.8. The van der Waals surface area contributed by atoms with Crippen LogP contribution >= 0.6 is 0 Å². The highest BCUT2D eigenvalue weighted by molar-refractivity contribution is 6.08. The Morgan fingerprint density at radius 3 is 2.48 bits per heavy atom. The van der Waals surface area contributed by atoms with E-state index in [1.165, 1.54) is 24.2 Å². The summed E-state index contributed by atoms with van der Waals surface area (Å²) in [5, 5.41) is 0. The van der Waals surface area contributed by atoms with Crippen LogP contribution in [0, 0.1) is 0 Å². The Balaban J connectivity index is 1.51. The second-order valence-corrected chi connectivity index (χ2v) is 10.1. The van der Waals surface area contributed by atoms with Gasteiger partial charge in [-0.1, -0.05) is 19.1 Å². The molecule has 3 aliphatic heterocycles. The lowest BCUT2D eigenvalue weighted by atomic mass is 9.90. The van der Waals surface area contributed by atoms with E-state index in [0.29, 0.717) is 0 Å². The number of carbonyl (C=O) groups excluding carboxylic acids is 1. The maximum absolute atomic E-state index is 13.6. The molecule has 0 spiro atoms. The molecule has 0 aliphatic carbocycles. The number of aromatic nitrogens is 1. The number of amides is 1. The van der Waals surface area contributed by atoms with Gasteiger partial charge in [0, 0.05) is 42.1 Å². The molecule has 5 heteroatoms. The van der Waals surface area contributed by atoms with E-state index in [4.69, 9.17) is 9.47 Å². The minimum absolute atomic E-state index is 0.129. The van der Waals surface area contributed by atoms with Crippen molar-refractivity contribution in [3.8, 4) is 0 Å². The fraction of sp³-hybridized carbons (Fsp3) is 0.577. The number of hydrogen-bond donors (Lipinski definition) is 0. The molecular weight excluding hydrogens is 388 g/mol. The largest absolute Gasteiger partial charge is 0.348 e. The van der Waals surface area contributed by atoms with Gasteiger partial charge in [0.2, 0.25) is 0 Å². The van der Waals surface area contributed by atoms with Crippen LogP contribution in [0.15, 0.2) is 24.3 Å². The van der Waals surface area contributed by atoms with E-state index in [1.807, 2.05) is 11.0 Å². The summed E-state index contributed by atoms with van der Waals surface area (Å²) in [4.78, 5) is 15.6. The molecule has 5 rings (SSSR count). The third kappa shape index (κ3) is 3.16. The van der Waals surface area contributed by atoms with Gasteiger partial charge in [0.05, 0.1) is 16.8 Å². The highest BCUT2D eigenvalue weighted by Crippen LogP contribution is 2.46. The van der Waals surface area contributed by atoms with Gasteiger partial charge in [-0.25, -0.2) is 0 Å². The number of anilines is 1. The lowest BCUT2D eigenvalue weighted by Crippen LogP contribution is -2.41. The normalized spacial score (nSPS) is 22.5. The number of carbonyl (C=O) groups is 1. The molecule has 1 aromatic heterocycles. The van der Waals surface area contributed by atoms with Gasteiger partial charge in [0.1, 0.15) is 0 Å². The van der Waals surface area contributed by atoms with Crippen molar-refractivity contribution in [3.05, 3.63) is 52.3 Å². The van der Waals surface area contributed by atoms with Gasteiger partial charge in [0.25, 0.3) is 5.91 Å². The molecule has 3 aliphatic rings. The fourth-order valence-corrected chi connectivity index (χ4v) is 5.28. The van der Waals surface area contributed by atoms with Crippen molar-refractivity contribution in [1.29, 1.82) is 0 Å². The Morgan fingerprint density at radius 2 is 1.77 bits per heavy atom. The summed E-state index contributed by atoms with van der Waals surface area (Å²) in [5.41, 5.74) is 5.85. The molecule has 0 atom stereocenters. The minimum Gasteiger partial charge on any atom is -0.348 e. The topological polar surface area (TPSA) is 43.7 Å². The van der Waals surface area contributed by atoms with Crippen LogP contribution in [0.2, 0.25) is 0 Å². The molecule has 1 aromatic carbocycles. The smallest absolute Gasteiger partial charge is 0.260 e. The fourth-order valence-electron chi connectivity index (χ4n) is 5.28. The SMILES string of the molecule is CCc1c(C2OC(C)(C)C(C)(C)O2)cccc1N1CCc2c(cc3n2CCCC3)C1=O. The zero-order valence-corrected chi connectivity index (χ0v) is 19.5. The zero-order valence-electron chi connectivity index (χ0n) is 19.5. The average molecular weight is 423 g/mol. The van der Waals surface area contributed by atoms with Crippen LogP contribution in [0.3, 0.4) is 0 Å². The molecule has 2 aromatic rings. The number of ether oxygens (including phenoxy) is 2. The number of hydrogen-bond acceptors (Lipinski definition) is 3. The Bertz CT molecular complexity index is 1020. The average Bonchev–Trinajstić information content (AvgIpc) is 3.22. The van der Waals surface area contributed by atoms with Crippen LogP contribution in [0.1, 0.15) is 86.6 Å². The Morgan fingerprint density at radius 1 is 1.03 bits per heavy atom. The summed E-state index contributed by atoms with van der Waals surface area (Å²) in [5.74, 6) is 0.129. The van der Waals surface area contributed by atoms with Crippen LogP contribution in [0.25, 0.3) is 0 Å². The second-order valence-electron chi connectivity index (χ2n) is 10.1. The lowest BCUT2D eigenvalue weighted by Gasteiger charge is -2.31. The molecule has 4 heterocycles. The van der Waals surface area contributed by atoms with E-state index in [0.717, 1.165) is 54.7 Å². The van der Waals surface area contributed by atoms with Gasteiger partial charge in [-0.2, -0.15) is 0 Å². The van der Waals surface area contributed by atoms with E-state index >= 15 is 0 Å². The standard InChI is InChI=1S/C26H34N2O3/c1-6-18-19(24-30-25(2,3)26(4,5)31-24)11-9-12-21(18)28-15-13-22-20(23(28)29)16-17-10-7-8-14-27(17)22/h9,11-12,16,24H,6-8,10,13-15H2,1-5H3. The molecule has 5 nitrogen and oxygen atoms in total. The van der Waals surface area contributed by atoms with E-state index in [9.17, 15) is 4.79 Å². The molecule has 0 N–H and O–H groups in total. The minimum atomic E-state index is -0.419. The van der Waals surface area contributed by atoms with Crippen molar-refractivity contribution < 1.29 is 14.3 Å². The Hall–Kier alpha value is -2.11. The maximum atomic E-state index is 13.6. The van der Waals surface area contributed by atoms with Crippen molar-refractivity contribution in [2.24, 2.45) is 0 Å². The second kappa shape index (κ2) is 7.21. The number of benzene rings is 1. The van der Waals surface area contributed by atoms with Gasteiger partial charge in [0.15, 0.2) is 6.29 Å². The summed E-state index contributed by atoms with van der Waals surface area (Å²) >= 11 is 0. The molecule has 0 radical (unpaired) electrons. The molecule has 166 valence electrons. The number of nitrogens with zero attached hydrogens (tertiary/aromatic N) is 2. The predicted octanol–water partition coefficient (Wildman–Crippen LogP) is 5.19. The van der Waals surface area contributed by atoms with Gasteiger partial charge in [-0.15, -0.1) is 0 Å². The van der Waals surface area contributed by atoms with Crippen molar-refractivity contribution in [3.63, 3.8) is 0 Å². The van der Waals surface area contributed by atoms with Crippen LogP contribution < -0.4 is 4.90 Å². The molecule has 0 bridgehead atoms. The number of rotatable bonds is 3. The molecule has 0 unspecified atom stereocenters. The summed E-state index contributed by atoms with van der Waals surface area (Å²) in [6, 6.07) is 8.34. The highest BCUT2D eigenvalue weighted by Gasteiger charge is 2.50. The Labute approximate surface area is 185 Å². The monoisotopic (exact) mass is 422 g/mol. The molecule has 0 saturated carbocycles. The van der Waals surface area contributed by atoms with Crippen LogP contribution in [0.5, 0.6) is 0 Å². The highest BCUT2D eigenvalue weighted by atomic mass is 16.7. The molecule has 1 fully saturated rings. The van der Waals surface area contributed by atoms with Crippen LogP contribution in [-0.4, -0.2) is 28.2 Å². The maximum Gasteiger partial charge on any atom is 0.260 e. The number of fused-ring (bicyclic) bond motifs is 3. The summed E-state index contributed by atoms with van der Waals surface area (Å²) in [6.07, 6.45) is 4.82.